The normalized spacial score (nSPS) is 13.5. The molecule has 1 heterocycles. The number of aliphatic hydroxyl groups excluding tert-OH is 1. The highest BCUT2D eigenvalue weighted by Crippen LogP contribution is 2.37. The summed E-state index contributed by atoms with van der Waals surface area (Å²) in [6.07, 6.45) is 0.801. The van der Waals surface area contributed by atoms with E-state index in [2.05, 4.69) is 5.32 Å². The molecule has 4 rings (SSSR count). The van der Waals surface area contributed by atoms with Gasteiger partial charge in [-0.05, 0) is 36.9 Å². The summed E-state index contributed by atoms with van der Waals surface area (Å²) in [6, 6.07) is 16.8. The molecule has 0 saturated carbocycles. The number of likely N-dealkylation sites (N-methyl/N-ethyl adjacent to an activating group) is 1. The van der Waals surface area contributed by atoms with Crippen LogP contribution in [0.15, 0.2) is 72.9 Å². The molecule has 4 aromatic rings. The van der Waals surface area contributed by atoms with Crippen molar-refractivity contribution >= 4 is 10.9 Å². The average molecular weight is 410 g/mol. The molecule has 0 bridgehead atoms. The molecule has 0 fully saturated rings. The lowest BCUT2D eigenvalue weighted by Gasteiger charge is -2.26. The summed E-state index contributed by atoms with van der Waals surface area (Å²) in [5, 5.41) is 14.6. The van der Waals surface area contributed by atoms with Gasteiger partial charge in [0.05, 0.1) is 12.1 Å². The standard InChI is InChI=1S/C24H21F3N2O/c1-28-13-22(30)24(15-6-4-7-16(25)12-15)29-14-19(17-8-2-3-11-21(17)29)18-9-5-10-20(26)23(18)27/h2-12,14,22,24,28,30H,13H2,1H3/t22-,24+/m1/s1. The van der Waals surface area contributed by atoms with Crippen LogP contribution in [0.3, 0.4) is 0 Å². The predicted octanol–water partition coefficient (Wildman–Crippen LogP) is 4.90. The van der Waals surface area contributed by atoms with Gasteiger partial charge in [0.2, 0.25) is 0 Å². The highest BCUT2D eigenvalue weighted by molar-refractivity contribution is 5.96. The smallest absolute Gasteiger partial charge is 0.166 e. The van der Waals surface area contributed by atoms with Crippen molar-refractivity contribution in [2.45, 2.75) is 12.1 Å². The second kappa shape index (κ2) is 8.34. The van der Waals surface area contributed by atoms with Crippen molar-refractivity contribution in [2.24, 2.45) is 0 Å². The SMILES string of the molecule is CNC[C@@H](O)[C@H](c1cccc(F)c1)n1cc(-c2cccc(F)c2F)c2ccccc21. The van der Waals surface area contributed by atoms with Gasteiger partial charge in [-0.25, -0.2) is 13.2 Å². The molecule has 3 aromatic carbocycles. The monoisotopic (exact) mass is 410 g/mol. The van der Waals surface area contributed by atoms with Crippen LogP contribution in [-0.4, -0.2) is 29.4 Å². The lowest BCUT2D eigenvalue weighted by Crippen LogP contribution is -2.33. The van der Waals surface area contributed by atoms with E-state index in [1.165, 1.54) is 24.3 Å². The van der Waals surface area contributed by atoms with Crippen LogP contribution in [-0.2, 0) is 0 Å². The summed E-state index contributed by atoms with van der Waals surface area (Å²) in [4.78, 5) is 0. The largest absolute Gasteiger partial charge is 0.389 e. The number of benzene rings is 3. The van der Waals surface area contributed by atoms with Gasteiger partial charge >= 0.3 is 0 Å². The second-order valence-electron chi connectivity index (χ2n) is 7.19. The Morgan fingerprint density at radius 2 is 1.70 bits per heavy atom. The lowest BCUT2D eigenvalue weighted by molar-refractivity contribution is 0.132. The van der Waals surface area contributed by atoms with Gasteiger partial charge in [-0.15, -0.1) is 0 Å². The molecule has 2 N–H and O–H groups in total. The van der Waals surface area contributed by atoms with Crippen LogP contribution < -0.4 is 5.32 Å². The molecule has 6 heteroatoms. The molecule has 0 saturated heterocycles. The van der Waals surface area contributed by atoms with Gasteiger partial charge in [-0.1, -0.05) is 42.5 Å². The summed E-state index contributed by atoms with van der Waals surface area (Å²) < 4.78 is 44.3. The average Bonchev–Trinajstić information content (AvgIpc) is 3.10. The maximum absolute atomic E-state index is 14.6. The van der Waals surface area contributed by atoms with Crippen LogP contribution in [0, 0.1) is 17.5 Å². The number of aliphatic hydroxyl groups is 1. The van der Waals surface area contributed by atoms with Crippen LogP contribution in [0.1, 0.15) is 11.6 Å². The Hall–Kier alpha value is -3.09. The number of nitrogens with zero attached hydrogens (tertiary/aromatic N) is 1. The Kier molecular flexibility index (Phi) is 5.61. The number of hydrogen-bond acceptors (Lipinski definition) is 2. The van der Waals surface area contributed by atoms with Crippen LogP contribution >= 0.6 is 0 Å². The number of hydrogen-bond donors (Lipinski definition) is 2. The van der Waals surface area contributed by atoms with Crippen LogP contribution in [0.25, 0.3) is 22.0 Å². The topological polar surface area (TPSA) is 37.2 Å². The Balaban J connectivity index is 1.97. The van der Waals surface area contributed by atoms with E-state index in [4.69, 9.17) is 0 Å². The van der Waals surface area contributed by atoms with Gasteiger partial charge in [0.1, 0.15) is 5.82 Å². The molecular formula is C24H21F3N2O. The van der Waals surface area contributed by atoms with Crippen LogP contribution in [0.2, 0.25) is 0 Å². The molecule has 0 radical (unpaired) electrons. The highest BCUT2D eigenvalue weighted by Gasteiger charge is 2.26. The number of rotatable bonds is 6. The number of aromatic nitrogens is 1. The molecule has 154 valence electrons. The van der Waals surface area contributed by atoms with E-state index in [9.17, 15) is 18.3 Å². The van der Waals surface area contributed by atoms with E-state index in [0.717, 1.165) is 11.6 Å². The first-order chi connectivity index (χ1) is 14.5. The molecule has 0 unspecified atom stereocenters. The fraction of sp³-hybridized carbons (Fsp3) is 0.167. The minimum Gasteiger partial charge on any atom is -0.389 e. The zero-order chi connectivity index (χ0) is 21.3. The Labute approximate surface area is 172 Å². The Morgan fingerprint density at radius 3 is 2.47 bits per heavy atom. The third-order valence-corrected chi connectivity index (χ3v) is 5.25. The third-order valence-electron chi connectivity index (χ3n) is 5.25. The fourth-order valence-electron chi connectivity index (χ4n) is 3.94. The van der Waals surface area contributed by atoms with E-state index in [1.54, 1.807) is 29.9 Å². The minimum absolute atomic E-state index is 0.131. The van der Waals surface area contributed by atoms with Crippen molar-refractivity contribution in [1.29, 1.82) is 0 Å². The molecular weight excluding hydrogens is 389 g/mol. The molecule has 0 aliphatic rings. The number of para-hydroxylation sites is 1. The van der Waals surface area contributed by atoms with E-state index in [1.807, 2.05) is 24.3 Å². The predicted molar refractivity (Wildman–Crippen MR) is 112 cm³/mol. The molecule has 0 aliphatic carbocycles. The number of nitrogens with one attached hydrogen (secondary N) is 1. The first-order valence-electron chi connectivity index (χ1n) is 9.63. The zero-order valence-electron chi connectivity index (χ0n) is 16.3. The van der Waals surface area contributed by atoms with Gasteiger partial charge in [-0.2, -0.15) is 0 Å². The van der Waals surface area contributed by atoms with Crippen molar-refractivity contribution in [1.82, 2.24) is 9.88 Å². The summed E-state index contributed by atoms with van der Waals surface area (Å²) >= 11 is 0. The van der Waals surface area contributed by atoms with Crippen molar-refractivity contribution in [3.05, 3.63) is 95.9 Å². The van der Waals surface area contributed by atoms with E-state index in [0.29, 0.717) is 16.5 Å². The molecule has 3 nitrogen and oxygen atoms in total. The molecule has 0 aliphatic heterocycles. The number of halogens is 3. The first kappa shape index (κ1) is 20.2. The minimum atomic E-state index is -0.932. The summed E-state index contributed by atoms with van der Waals surface area (Å²) in [7, 11) is 1.72. The van der Waals surface area contributed by atoms with Crippen molar-refractivity contribution in [3.8, 4) is 11.1 Å². The zero-order valence-corrected chi connectivity index (χ0v) is 16.3. The fourth-order valence-corrected chi connectivity index (χ4v) is 3.94. The van der Waals surface area contributed by atoms with Gasteiger partial charge in [0, 0.05) is 34.8 Å². The first-order valence-corrected chi connectivity index (χ1v) is 9.63. The van der Waals surface area contributed by atoms with Gasteiger partial charge < -0.3 is 15.0 Å². The maximum atomic E-state index is 14.6. The maximum Gasteiger partial charge on any atom is 0.166 e. The van der Waals surface area contributed by atoms with Crippen molar-refractivity contribution in [2.75, 3.05) is 13.6 Å². The van der Waals surface area contributed by atoms with E-state index < -0.39 is 29.6 Å². The van der Waals surface area contributed by atoms with Crippen molar-refractivity contribution in [3.63, 3.8) is 0 Å². The van der Waals surface area contributed by atoms with Gasteiger partial charge in [0.15, 0.2) is 11.6 Å². The van der Waals surface area contributed by atoms with E-state index >= 15 is 0 Å². The second-order valence-corrected chi connectivity index (χ2v) is 7.19. The third kappa shape index (κ3) is 3.60. The van der Waals surface area contributed by atoms with Gasteiger partial charge in [-0.3, -0.25) is 0 Å². The Morgan fingerprint density at radius 1 is 0.933 bits per heavy atom. The summed E-state index contributed by atoms with van der Waals surface area (Å²) in [5.74, 6) is -2.28. The summed E-state index contributed by atoms with van der Waals surface area (Å²) in [5.41, 5.74) is 1.93. The quantitative estimate of drug-likeness (QED) is 0.475. The van der Waals surface area contributed by atoms with Crippen molar-refractivity contribution < 1.29 is 18.3 Å². The molecule has 0 spiro atoms. The van der Waals surface area contributed by atoms with Crippen LogP contribution in [0.4, 0.5) is 13.2 Å². The van der Waals surface area contributed by atoms with Crippen LogP contribution in [0.5, 0.6) is 0 Å². The molecule has 2 atom stereocenters. The van der Waals surface area contributed by atoms with Gasteiger partial charge in [0.25, 0.3) is 0 Å². The number of fused-ring (bicyclic) bond motifs is 1. The molecule has 1 aromatic heterocycles. The summed E-state index contributed by atoms with van der Waals surface area (Å²) in [6.45, 7) is 0.261. The highest BCUT2D eigenvalue weighted by atomic mass is 19.2. The molecule has 30 heavy (non-hydrogen) atoms. The van der Waals surface area contributed by atoms with E-state index in [-0.39, 0.29) is 12.1 Å². The lowest BCUT2D eigenvalue weighted by atomic mass is 10.0. The molecule has 0 amide bonds. The Bertz CT molecular complexity index is 1190.